The fourth-order valence-corrected chi connectivity index (χ4v) is 2.11. The van der Waals surface area contributed by atoms with Gasteiger partial charge in [-0.2, -0.15) is 0 Å². The maximum Gasteiger partial charge on any atom is 0.134 e. The third-order valence-electron chi connectivity index (χ3n) is 3.08. The van der Waals surface area contributed by atoms with E-state index in [1.807, 2.05) is 24.3 Å². The molecule has 2 aromatic rings. The van der Waals surface area contributed by atoms with Gasteiger partial charge in [0, 0.05) is 9.86 Å². The van der Waals surface area contributed by atoms with Gasteiger partial charge in [0.15, 0.2) is 0 Å². The molecule has 16 heavy (non-hydrogen) atoms. The van der Waals surface area contributed by atoms with Gasteiger partial charge in [0.2, 0.25) is 0 Å². The summed E-state index contributed by atoms with van der Waals surface area (Å²) in [4.78, 5) is 0. The van der Waals surface area contributed by atoms with Crippen LogP contribution in [0.1, 0.15) is 32.1 Å². The number of halogens is 1. The monoisotopic (exact) mass is 281 g/mol. The number of benzene rings is 1. The average Bonchev–Trinajstić information content (AvgIpc) is 2.69. The van der Waals surface area contributed by atoms with Crippen LogP contribution in [0.3, 0.4) is 0 Å². The van der Waals surface area contributed by atoms with E-state index in [9.17, 15) is 0 Å². The lowest BCUT2D eigenvalue weighted by atomic mass is 9.98. The smallest absolute Gasteiger partial charge is 0.134 e. The molecule has 0 saturated carbocycles. The third kappa shape index (κ3) is 2.15. The molecule has 0 radical (unpaired) electrons. The largest absolute Gasteiger partial charge is 0.459 e. The Morgan fingerprint density at radius 2 is 2.12 bits per heavy atom. The first-order valence-electron chi connectivity index (χ1n) is 5.56. The highest BCUT2D eigenvalue weighted by atomic mass is 79.9. The van der Waals surface area contributed by atoms with Crippen LogP contribution in [0.15, 0.2) is 33.2 Å². The van der Waals surface area contributed by atoms with Gasteiger partial charge in [-0.25, -0.2) is 0 Å². The maximum atomic E-state index is 6.15. The van der Waals surface area contributed by atoms with Crippen molar-refractivity contribution in [3.63, 3.8) is 0 Å². The Labute approximate surface area is 104 Å². The van der Waals surface area contributed by atoms with Crippen LogP contribution in [0.5, 0.6) is 0 Å². The van der Waals surface area contributed by atoms with Gasteiger partial charge in [-0.1, -0.05) is 36.2 Å². The van der Waals surface area contributed by atoms with E-state index in [4.69, 9.17) is 10.2 Å². The summed E-state index contributed by atoms with van der Waals surface area (Å²) in [5.74, 6) is 1.31. The highest BCUT2D eigenvalue weighted by Gasteiger charge is 2.17. The number of hydrogen-bond acceptors (Lipinski definition) is 2. The van der Waals surface area contributed by atoms with Gasteiger partial charge in [-0.3, -0.25) is 0 Å². The fourth-order valence-electron chi connectivity index (χ4n) is 1.73. The van der Waals surface area contributed by atoms with Crippen molar-refractivity contribution in [3.8, 4) is 0 Å². The summed E-state index contributed by atoms with van der Waals surface area (Å²) < 4.78 is 6.82. The molecule has 0 saturated heterocycles. The zero-order valence-electron chi connectivity index (χ0n) is 9.53. The highest BCUT2D eigenvalue weighted by Crippen LogP contribution is 2.29. The molecule has 0 aliphatic heterocycles. The van der Waals surface area contributed by atoms with E-state index in [1.165, 1.54) is 0 Å². The standard InChI is InChI=1S/C13H16BrNO/c1-3-8(2)13(15)12-7-9-6-10(14)4-5-11(9)16-12/h4-8,13H,3,15H2,1-2H3/t8?,13-/m0/s1. The first-order valence-corrected chi connectivity index (χ1v) is 6.35. The summed E-state index contributed by atoms with van der Waals surface area (Å²) in [6.07, 6.45) is 1.06. The van der Waals surface area contributed by atoms with E-state index < -0.39 is 0 Å². The van der Waals surface area contributed by atoms with Crippen molar-refractivity contribution < 1.29 is 4.42 Å². The Bertz CT molecular complexity index is 492. The molecule has 2 atom stereocenters. The van der Waals surface area contributed by atoms with Crippen molar-refractivity contribution in [2.75, 3.05) is 0 Å². The lowest BCUT2D eigenvalue weighted by molar-refractivity contribution is 0.388. The molecule has 0 amide bonds. The van der Waals surface area contributed by atoms with Crippen LogP contribution in [0.2, 0.25) is 0 Å². The second-order valence-electron chi connectivity index (χ2n) is 4.24. The minimum absolute atomic E-state index is 0.0174. The minimum atomic E-state index is -0.0174. The number of furan rings is 1. The molecule has 2 N–H and O–H groups in total. The first kappa shape index (κ1) is 11.7. The van der Waals surface area contributed by atoms with Crippen LogP contribution in [0.4, 0.5) is 0 Å². The van der Waals surface area contributed by atoms with Crippen LogP contribution in [-0.4, -0.2) is 0 Å². The van der Waals surface area contributed by atoms with Gasteiger partial charge in [-0.15, -0.1) is 0 Å². The minimum Gasteiger partial charge on any atom is -0.459 e. The van der Waals surface area contributed by atoms with E-state index in [0.29, 0.717) is 5.92 Å². The van der Waals surface area contributed by atoms with Crippen LogP contribution in [-0.2, 0) is 0 Å². The van der Waals surface area contributed by atoms with E-state index in [1.54, 1.807) is 0 Å². The average molecular weight is 282 g/mol. The first-order chi connectivity index (χ1) is 7.61. The van der Waals surface area contributed by atoms with Crippen LogP contribution >= 0.6 is 15.9 Å². The Kier molecular flexibility index (Phi) is 3.36. The predicted octanol–water partition coefficient (Wildman–Crippen LogP) is 4.24. The van der Waals surface area contributed by atoms with Gasteiger partial charge < -0.3 is 10.2 Å². The molecular weight excluding hydrogens is 266 g/mol. The van der Waals surface area contributed by atoms with Gasteiger partial charge in [-0.05, 0) is 30.2 Å². The summed E-state index contributed by atoms with van der Waals surface area (Å²) in [7, 11) is 0. The molecule has 0 spiro atoms. The fraction of sp³-hybridized carbons (Fsp3) is 0.385. The van der Waals surface area contributed by atoms with E-state index in [2.05, 4.69) is 29.8 Å². The maximum absolute atomic E-state index is 6.15. The summed E-state index contributed by atoms with van der Waals surface area (Å²) in [5.41, 5.74) is 7.05. The zero-order valence-corrected chi connectivity index (χ0v) is 11.1. The van der Waals surface area contributed by atoms with Gasteiger partial charge in [0.25, 0.3) is 0 Å². The SMILES string of the molecule is CCC(C)[C@H](N)c1cc2cc(Br)ccc2o1. The Balaban J connectivity index is 2.39. The molecular formula is C13H16BrNO. The molecule has 1 aromatic heterocycles. The number of rotatable bonds is 3. The summed E-state index contributed by atoms with van der Waals surface area (Å²) >= 11 is 3.45. The van der Waals surface area contributed by atoms with Crippen molar-refractivity contribution in [2.45, 2.75) is 26.3 Å². The van der Waals surface area contributed by atoms with Gasteiger partial charge in [0.1, 0.15) is 11.3 Å². The summed E-state index contributed by atoms with van der Waals surface area (Å²) in [6.45, 7) is 4.29. The van der Waals surface area contributed by atoms with Gasteiger partial charge >= 0.3 is 0 Å². The Morgan fingerprint density at radius 3 is 2.81 bits per heavy atom. The van der Waals surface area contributed by atoms with Crippen LogP contribution in [0, 0.1) is 5.92 Å². The van der Waals surface area contributed by atoms with E-state index >= 15 is 0 Å². The molecule has 3 heteroatoms. The Morgan fingerprint density at radius 1 is 1.38 bits per heavy atom. The molecule has 0 bridgehead atoms. The van der Waals surface area contributed by atoms with Crippen LogP contribution in [0.25, 0.3) is 11.0 Å². The summed E-state index contributed by atoms with van der Waals surface area (Å²) in [6, 6.07) is 8.01. The van der Waals surface area contributed by atoms with Crippen molar-refractivity contribution in [1.82, 2.24) is 0 Å². The third-order valence-corrected chi connectivity index (χ3v) is 3.58. The predicted molar refractivity (Wildman–Crippen MR) is 70.3 cm³/mol. The van der Waals surface area contributed by atoms with Gasteiger partial charge in [0.05, 0.1) is 6.04 Å². The normalized spacial score (nSPS) is 15.2. The topological polar surface area (TPSA) is 39.2 Å². The molecule has 2 rings (SSSR count). The molecule has 0 aliphatic rings. The molecule has 0 fully saturated rings. The second kappa shape index (κ2) is 4.60. The number of nitrogens with two attached hydrogens (primary N) is 1. The van der Waals surface area contributed by atoms with Crippen LogP contribution < -0.4 is 5.73 Å². The number of hydrogen-bond donors (Lipinski definition) is 1. The zero-order chi connectivity index (χ0) is 11.7. The molecule has 0 aliphatic carbocycles. The molecule has 1 aromatic carbocycles. The van der Waals surface area contributed by atoms with E-state index in [0.717, 1.165) is 27.6 Å². The molecule has 2 nitrogen and oxygen atoms in total. The lowest BCUT2D eigenvalue weighted by Crippen LogP contribution is -2.17. The van der Waals surface area contributed by atoms with Crippen molar-refractivity contribution >= 4 is 26.9 Å². The molecule has 1 heterocycles. The molecule has 86 valence electrons. The van der Waals surface area contributed by atoms with E-state index in [-0.39, 0.29) is 6.04 Å². The lowest BCUT2D eigenvalue weighted by Gasteiger charge is -2.15. The molecule has 1 unspecified atom stereocenters. The second-order valence-corrected chi connectivity index (χ2v) is 5.16. The Hall–Kier alpha value is -0.800. The van der Waals surface area contributed by atoms with Crippen molar-refractivity contribution in [1.29, 1.82) is 0 Å². The van der Waals surface area contributed by atoms with Crippen molar-refractivity contribution in [3.05, 3.63) is 34.5 Å². The highest BCUT2D eigenvalue weighted by molar-refractivity contribution is 9.10. The van der Waals surface area contributed by atoms with Crippen molar-refractivity contribution in [2.24, 2.45) is 11.7 Å². The summed E-state index contributed by atoms with van der Waals surface area (Å²) in [5, 5.41) is 1.10. The quantitative estimate of drug-likeness (QED) is 0.914. The number of fused-ring (bicyclic) bond motifs is 1.